The summed E-state index contributed by atoms with van der Waals surface area (Å²) in [6.07, 6.45) is -0.447. The molecule has 0 saturated heterocycles. The van der Waals surface area contributed by atoms with Crippen molar-refractivity contribution < 1.29 is 14.7 Å². The third kappa shape index (κ3) is 2.20. The topological polar surface area (TPSA) is 54.4 Å². The Morgan fingerprint density at radius 2 is 2.06 bits per heavy atom. The van der Waals surface area contributed by atoms with E-state index in [9.17, 15) is 9.59 Å². The van der Waals surface area contributed by atoms with Crippen LogP contribution in [0.15, 0.2) is 28.3 Å². The van der Waals surface area contributed by atoms with Gasteiger partial charge in [-0.15, -0.1) is 11.3 Å². The van der Waals surface area contributed by atoms with Crippen LogP contribution in [-0.4, -0.2) is 16.9 Å². The van der Waals surface area contributed by atoms with Crippen molar-refractivity contribution in [1.29, 1.82) is 0 Å². The maximum Gasteiger partial charge on any atom is 0.311 e. The largest absolute Gasteiger partial charge is 0.481 e. The summed E-state index contributed by atoms with van der Waals surface area (Å²) in [4.78, 5) is 22.7. The van der Waals surface area contributed by atoms with Gasteiger partial charge in [0, 0.05) is 5.56 Å². The van der Waals surface area contributed by atoms with Crippen molar-refractivity contribution in [2.75, 3.05) is 0 Å². The number of thiophene rings is 2. The van der Waals surface area contributed by atoms with Crippen LogP contribution >= 0.6 is 22.7 Å². The van der Waals surface area contributed by atoms with Gasteiger partial charge >= 0.3 is 5.97 Å². The Kier molecular flexibility index (Phi) is 3.17. The molecular formula is C11H8O3S2. The number of carbonyl (C=O) groups excluding carboxylic acids is 1. The first-order valence-electron chi connectivity index (χ1n) is 4.53. The Labute approximate surface area is 100.0 Å². The molecule has 0 unspecified atom stereocenters. The van der Waals surface area contributed by atoms with Crippen LogP contribution in [0.5, 0.6) is 0 Å². The maximum atomic E-state index is 11.7. The zero-order chi connectivity index (χ0) is 11.5. The summed E-state index contributed by atoms with van der Waals surface area (Å²) < 4.78 is 0. The van der Waals surface area contributed by atoms with Crippen molar-refractivity contribution in [2.45, 2.75) is 6.42 Å². The highest BCUT2D eigenvalue weighted by atomic mass is 32.1. The minimum atomic E-state index is -1.09. The Hall–Kier alpha value is -1.46. The first kappa shape index (κ1) is 11.0. The standard InChI is InChI=1S/C11H8O3S2/c12-9(5-10(13)14)11-8(2-4-16-11)7-1-3-15-6-7/h1-4,6H,5H2,(H,13,14). The molecule has 5 heteroatoms. The average molecular weight is 252 g/mol. The summed E-state index contributed by atoms with van der Waals surface area (Å²) in [6, 6.07) is 3.77. The van der Waals surface area contributed by atoms with E-state index in [1.165, 1.54) is 11.3 Å². The van der Waals surface area contributed by atoms with E-state index in [1.54, 1.807) is 11.3 Å². The summed E-state index contributed by atoms with van der Waals surface area (Å²) in [6.45, 7) is 0. The number of hydrogen-bond donors (Lipinski definition) is 1. The summed E-state index contributed by atoms with van der Waals surface area (Å²) in [5, 5.41) is 14.3. The fourth-order valence-electron chi connectivity index (χ4n) is 1.39. The monoisotopic (exact) mass is 252 g/mol. The van der Waals surface area contributed by atoms with E-state index in [0.29, 0.717) is 4.88 Å². The molecule has 2 heterocycles. The predicted molar refractivity (Wildman–Crippen MR) is 64.2 cm³/mol. The number of carbonyl (C=O) groups is 2. The lowest BCUT2D eigenvalue weighted by Gasteiger charge is -1.98. The van der Waals surface area contributed by atoms with Crippen LogP contribution in [0.3, 0.4) is 0 Å². The van der Waals surface area contributed by atoms with Gasteiger partial charge in [-0.25, -0.2) is 0 Å². The molecule has 0 saturated carbocycles. The van der Waals surface area contributed by atoms with Crippen molar-refractivity contribution in [3.63, 3.8) is 0 Å². The average Bonchev–Trinajstić information content (AvgIpc) is 2.87. The van der Waals surface area contributed by atoms with Crippen LogP contribution in [0.1, 0.15) is 16.1 Å². The molecule has 1 N–H and O–H groups in total. The summed E-state index contributed by atoms with van der Waals surface area (Å²) in [5.41, 5.74) is 1.80. The fourth-order valence-corrected chi connectivity index (χ4v) is 2.90. The number of carboxylic acids is 1. The summed E-state index contributed by atoms with van der Waals surface area (Å²) in [7, 11) is 0. The molecule has 0 aliphatic carbocycles. The van der Waals surface area contributed by atoms with Gasteiger partial charge in [-0.2, -0.15) is 11.3 Å². The van der Waals surface area contributed by atoms with Gasteiger partial charge in [0.2, 0.25) is 0 Å². The van der Waals surface area contributed by atoms with Crippen LogP contribution in [0.4, 0.5) is 0 Å². The van der Waals surface area contributed by atoms with Gasteiger partial charge in [0.15, 0.2) is 5.78 Å². The molecule has 0 spiro atoms. The minimum Gasteiger partial charge on any atom is -0.481 e. The molecule has 0 amide bonds. The second-order valence-corrected chi connectivity index (χ2v) is 4.87. The lowest BCUT2D eigenvalue weighted by atomic mass is 10.1. The number of rotatable bonds is 4. The third-order valence-corrected chi connectivity index (χ3v) is 3.70. The van der Waals surface area contributed by atoms with Crippen LogP contribution in [0.25, 0.3) is 11.1 Å². The van der Waals surface area contributed by atoms with Gasteiger partial charge in [-0.1, -0.05) is 0 Å². The van der Waals surface area contributed by atoms with Gasteiger partial charge in [0.05, 0.1) is 4.88 Å². The molecule has 0 aromatic carbocycles. The molecule has 82 valence electrons. The molecule has 2 aromatic heterocycles. The first-order chi connectivity index (χ1) is 7.68. The molecule has 0 aliphatic rings. The zero-order valence-corrected chi connectivity index (χ0v) is 9.81. The van der Waals surface area contributed by atoms with Crippen LogP contribution in [0, 0.1) is 0 Å². The SMILES string of the molecule is O=C(O)CC(=O)c1sccc1-c1ccsc1. The Morgan fingerprint density at radius 3 is 2.69 bits per heavy atom. The highest BCUT2D eigenvalue weighted by Crippen LogP contribution is 2.30. The maximum absolute atomic E-state index is 11.7. The number of Topliss-reactive ketones (excluding diaryl/α,β-unsaturated/α-hetero) is 1. The highest BCUT2D eigenvalue weighted by molar-refractivity contribution is 7.12. The quantitative estimate of drug-likeness (QED) is 0.672. The van der Waals surface area contributed by atoms with Gasteiger partial charge in [0.25, 0.3) is 0 Å². The molecular weight excluding hydrogens is 244 g/mol. The Balaban J connectivity index is 2.33. The van der Waals surface area contributed by atoms with Gasteiger partial charge < -0.3 is 5.11 Å². The molecule has 0 fully saturated rings. The van der Waals surface area contributed by atoms with E-state index in [2.05, 4.69) is 0 Å². The fraction of sp³-hybridized carbons (Fsp3) is 0.0909. The molecule has 2 aromatic rings. The van der Waals surface area contributed by atoms with Gasteiger partial charge in [0.1, 0.15) is 6.42 Å². The lowest BCUT2D eigenvalue weighted by molar-refractivity contribution is -0.135. The first-order valence-corrected chi connectivity index (χ1v) is 6.36. The number of carboxylic acid groups (broad SMARTS) is 1. The Morgan fingerprint density at radius 1 is 1.25 bits per heavy atom. The number of aliphatic carboxylic acids is 1. The van der Waals surface area contributed by atoms with Crippen LogP contribution in [-0.2, 0) is 4.79 Å². The van der Waals surface area contributed by atoms with Crippen molar-refractivity contribution in [1.82, 2.24) is 0 Å². The second-order valence-electron chi connectivity index (χ2n) is 3.17. The van der Waals surface area contributed by atoms with E-state index < -0.39 is 12.4 Å². The van der Waals surface area contributed by atoms with Crippen molar-refractivity contribution in [3.05, 3.63) is 33.2 Å². The molecule has 2 rings (SSSR count). The van der Waals surface area contributed by atoms with Gasteiger partial charge in [-0.05, 0) is 33.8 Å². The van der Waals surface area contributed by atoms with E-state index in [0.717, 1.165) is 11.1 Å². The molecule has 0 radical (unpaired) electrons. The highest BCUT2D eigenvalue weighted by Gasteiger charge is 2.17. The third-order valence-electron chi connectivity index (χ3n) is 2.06. The van der Waals surface area contributed by atoms with E-state index in [1.807, 2.05) is 28.3 Å². The molecule has 16 heavy (non-hydrogen) atoms. The van der Waals surface area contributed by atoms with Gasteiger partial charge in [-0.3, -0.25) is 9.59 Å². The van der Waals surface area contributed by atoms with Crippen LogP contribution in [0.2, 0.25) is 0 Å². The smallest absolute Gasteiger partial charge is 0.311 e. The van der Waals surface area contributed by atoms with Crippen molar-refractivity contribution >= 4 is 34.4 Å². The van der Waals surface area contributed by atoms with E-state index in [-0.39, 0.29) is 5.78 Å². The minimum absolute atomic E-state index is 0.330. The predicted octanol–water partition coefficient (Wildman–Crippen LogP) is 3.13. The number of ketones is 1. The molecule has 3 nitrogen and oxygen atoms in total. The molecule has 0 aliphatic heterocycles. The molecule has 0 bridgehead atoms. The number of hydrogen-bond acceptors (Lipinski definition) is 4. The van der Waals surface area contributed by atoms with E-state index in [4.69, 9.17) is 5.11 Å². The second kappa shape index (κ2) is 4.59. The van der Waals surface area contributed by atoms with Crippen LogP contribution < -0.4 is 0 Å². The van der Waals surface area contributed by atoms with Crippen molar-refractivity contribution in [2.24, 2.45) is 0 Å². The van der Waals surface area contributed by atoms with E-state index >= 15 is 0 Å². The van der Waals surface area contributed by atoms with Crippen molar-refractivity contribution in [3.8, 4) is 11.1 Å². The molecule has 0 atom stereocenters. The summed E-state index contributed by atoms with van der Waals surface area (Å²) in [5.74, 6) is -1.42. The lowest BCUT2D eigenvalue weighted by Crippen LogP contribution is -2.06. The zero-order valence-electron chi connectivity index (χ0n) is 8.17. The normalized spacial score (nSPS) is 10.2. The Bertz CT molecular complexity index is 511. The summed E-state index contributed by atoms with van der Waals surface area (Å²) >= 11 is 2.84.